The van der Waals surface area contributed by atoms with Crippen LogP contribution in [0.2, 0.25) is 0 Å². The van der Waals surface area contributed by atoms with E-state index >= 15 is 0 Å². The Labute approximate surface area is 124 Å². The number of sulfonamides is 1. The zero-order chi connectivity index (χ0) is 15.5. The van der Waals surface area contributed by atoms with E-state index in [1.54, 1.807) is 25.4 Å². The van der Waals surface area contributed by atoms with Gasteiger partial charge in [0.15, 0.2) is 5.82 Å². The molecule has 0 aliphatic heterocycles. The van der Waals surface area contributed by atoms with Crippen LogP contribution in [0.3, 0.4) is 0 Å². The van der Waals surface area contributed by atoms with Gasteiger partial charge in [0, 0.05) is 31.9 Å². The molecule has 0 saturated carbocycles. The van der Waals surface area contributed by atoms with Crippen LogP contribution in [0.15, 0.2) is 29.0 Å². The number of aryl methyl sites for hydroxylation is 1. The van der Waals surface area contributed by atoms with Crippen LogP contribution in [0.1, 0.15) is 31.1 Å². The first-order valence-electron chi connectivity index (χ1n) is 6.56. The Morgan fingerprint density at radius 2 is 2.14 bits per heavy atom. The summed E-state index contributed by atoms with van der Waals surface area (Å²) < 4.78 is 31.3. The van der Waals surface area contributed by atoms with Crippen LogP contribution in [0.25, 0.3) is 0 Å². The third kappa shape index (κ3) is 4.08. The van der Waals surface area contributed by atoms with Crippen molar-refractivity contribution in [1.29, 1.82) is 0 Å². The summed E-state index contributed by atoms with van der Waals surface area (Å²) in [5, 5.41) is 3.65. The standard InChI is InChI=1S/C13H18N4O3S/c1-10(2)17(8-12-5-4-6-14-7-12)21(18,19)9-13-15-11(3)20-16-13/h4-7,10H,8-9H2,1-3H3. The molecular formula is C13H18N4O3S. The van der Waals surface area contributed by atoms with Crippen LogP contribution in [0.4, 0.5) is 0 Å². The van der Waals surface area contributed by atoms with Gasteiger partial charge >= 0.3 is 0 Å². The second-order valence-corrected chi connectivity index (χ2v) is 6.91. The van der Waals surface area contributed by atoms with Crippen molar-refractivity contribution >= 4 is 10.0 Å². The summed E-state index contributed by atoms with van der Waals surface area (Å²) in [4.78, 5) is 7.95. The summed E-state index contributed by atoms with van der Waals surface area (Å²) in [7, 11) is -3.54. The molecular weight excluding hydrogens is 292 g/mol. The maximum atomic E-state index is 12.5. The lowest BCUT2D eigenvalue weighted by molar-refractivity contribution is 0.345. The highest BCUT2D eigenvalue weighted by Crippen LogP contribution is 2.16. The highest BCUT2D eigenvalue weighted by Gasteiger charge is 2.27. The zero-order valence-corrected chi connectivity index (χ0v) is 13.0. The fourth-order valence-electron chi connectivity index (χ4n) is 1.92. The monoisotopic (exact) mass is 310 g/mol. The van der Waals surface area contributed by atoms with E-state index in [0.29, 0.717) is 5.89 Å². The first-order chi connectivity index (χ1) is 9.88. The number of hydrogen-bond acceptors (Lipinski definition) is 6. The first kappa shape index (κ1) is 15.6. The van der Waals surface area contributed by atoms with Crippen molar-refractivity contribution in [2.75, 3.05) is 0 Å². The molecule has 0 fully saturated rings. The second kappa shape index (κ2) is 6.31. The van der Waals surface area contributed by atoms with E-state index in [2.05, 4.69) is 15.1 Å². The minimum Gasteiger partial charge on any atom is -0.340 e. The van der Waals surface area contributed by atoms with E-state index < -0.39 is 10.0 Å². The molecule has 2 aromatic rings. The van der Waals surface area contributed by atoms with Gasteiger partial charge in [-0.3, -0.25) is 4.98 Å². The van der Waals surface area contributed by atoms with Gasteiger partial charge in [0.2, 0.25) is 15.9 Å². The van der Waals surface area contributed by atoms with E-state index in [-0.39, 0.29) is 24.2 Å². The molecule has 0 atom stereocenters. The van der Waals surface area contributed by atoms with Crippen molar-refractivity contribution < 1.29 is 12.9 Å². The largest absolute Gasteiger partial charge is 0.340 e. The predicted molar refractivity (Wildman–Crippen MR) is 76.6 cm³/mol. The molecule has 0 aliphatic carbocycles. The van der Waals surface area contributed by atoms with Gasteiger partial charge in [0.05, 0.1) is 0 Å². The third-order valence-corrected chi connectivity index (χ3v) is 4.76. The Morgan fingerprint density at radius 3 is 2.67 bits per heavy atom. The van der Waals surface area contributed by atoms with Gasteiger partial charge < -0.3 is 4.52 Å². The Morgan fingerprint density at radius 1 is 1.38 bits per heavy atom. The van der Waals surface area contributed by atoms with Crippen molar-refractivity contribution in [3.05, 3.63) is 41.8 Å². The molecule has 114 valence electrons. The molecule has 2 aromatic heterocycles. The van der Waals surface area contributed by atoms with Gasteiger partial charge in [-0.25, -0.2) is 8.42 Å². The molecule has 7 nitrogen and oxygen atoms in total. The van der Waals surface area contributed by atoms with Crippen molar-refractivity contribution in [3.8, 4) is 0 Å². The van der Waals surface area contributed by atoms with Gasteiger partial charge in [-0.15, -0.1) is 0 Å². The van der Waals surface area contributed by atoms with Crippen molar-refractivity contribution in [3.63, 3.8) is 0 Å². The summed E-state index contributed by atoms with van der Waals surface area (Å²) in [6.07, 6.45) is 3.31. The maximum Gasteiger partial charge on any atom is 0.223 e. The van der Waals surface area contributed by atoms with E-state index in [1.165, 1.54) is 4.31 Å². The lowest BCUT2D eigenvalue weighted by atomic mass is 10.2. The van der Waals surface area contributed by atoms with Gasteiger partial charge in [-0.1, -0.05) is 11.2 Å². The number of hydrogen-bond donors (Lipinski definition) is 0. The van der Waals surface area contributed by atoms with Crippen LogP contribution in [0, 0.1) is 6.92 Å². The van der Waals surface area contributed by atoms with Crippen LogP contribution >= 0.6 is 0 Å². The fraction of sp³-hybridized carbons (Fsp3) is 0.462. The van der Waals surface area contributed by atoms with Gasteiger partial charge in [-0.2, -0.15) is 9.29 Å². The molecule has 2 rings (SSSR count). The Bertz CT molecular complexity index is 682. The third-order valence-electron chi connectivity index (χ3n) is 2.88. The highest BCUT2D eigenvalue weighted by molar-refractivity contribution is 7.88. The maximum absolute atomic E-state index is 12.5. The minimum atomic E-state index is -3.54. The van der Waals surface area contributed by atoms with Gasteiger partial charge in [0.25, 0.3) is 0 Å². The van der Waals surface area contributed by atoms with Crippen LogP contribution in [0.5, 0.6) is 0 Å². The quantitative estimate of drug-likeness (QED) is 0.803. The molecule has 0 spiro atoms. The average molecular weight is 310 g/mol. The summed E-state index contributed by atoms with van der Waals surface area (Å²) >= 11 is 0. The molecule has 0 amide bonds. The Hall–Kier alpha value is -1.80. The number of aromatic nitrogens is 3. The van der Waals surface area contributed by atoms with Crippen molar-refractivity contribution in [2.45, 2.75) is 39.1 Å². The van der Waals surface area contributed by atoms with E-state index in [4.69, 9.17) is 4.52 Å². The molecule has 0 aliphatic rings. The van der Waals surface area contributed by atoms with Gasteiger partial charge in [0.1, 0.15) is 5.75 Å². The molecule has 0 bridgehead atoms. The minimum absolute atomic E-state index is 0.171. The number of rotatable bonds is 6. The van der Waals surface area contributed by atoms with Crippen molar-refractivity contribution in [1.82, 2.24) is 19.4 Å². The smallest absolute Gasteiger partial charge is 0.223 e. The Balaban J connectivity index is 2.20. The normalized spacial score (nSPS) is 12.2. The van der Waals surface area contributed by atoms with E-state index in [0.717, 1.165) is 5.56 Å². The highest BCUT2D eigenvalue weighted by atomic mass is 32.2. The molecule has 0 unspecified atom stereocenters. The molecule has 8 heteroatoms. The zero-order valence-electron chi connectivity index (χ0n) is 12.2. The molecule has 2 heterocycles. The molecule has 0 radical (unpaired) electrons. The average Bonchev–Trinajstić information content (AvgIpc) is 2.81. The summed E-state index contributed by atoms with van der Waals surface area (Å²) in [6.45, 7) is 5.55. The summed E-state index contributed by atoms with van der Waals surface area (Å²) in [5.41, 5.74) is 0.832. The molecule has 0 N–H and O–H groups in total. The van der Waals surface area contributed by atoms with Crippen LogP contribution < -0.4 is 0 Å². The predicted octanol–water partition coefficient (Wildman–Crippen LogP) is 1.51. The SMILES string of the molecule is Cc1nc(CS(=O)(=O)N(Cc2cccnc2)C(C)C)no1. The summed E-state index contributed by atoms with van der Waals surface area (Å²) in [5.74, 6) is 0.246. The molecule has 0 aromatic carbocycles. The lowest BCUT2D eigenvalue weighted by Crippen LogP contribution is -2.37. The summed E-state index contributed by atoms with van der Waals surface area (Å²) in [6, 6.07) is 3.45. The van der Waals surface area contributed by atoms with E-state index in [9.17, 15) is 8.42 Å². The molecule has 0 saturated heterocycles. The molecule has 21 heavy (non-hydrogen) atoms. The first-order valence-corrected chi connectivity index (χ1v) is 8.17. The van der Waals surface area contributed by atoms with Crippen LogP contribution in [-0.4, -0.2) is 33.9 Å². The number of pyridine rings is 1. The lowest BCUT2D eigenvalue weighted by Gasteiger charge is -2.25. The number of nitrogens with zero attached hydrogens (tertiary/aromatic N) is 4. The fourth-order valence-corrected chi connectivity index (χ4v) is 3.52. The topological polar surface area (TPSA) is 89.2 Å². The Kier molecular flexibility index (Phi) is 4.69. The van der Waals surface area contributed by atoms with Crippen LogP contribution in [-0.2, 0) is 22.3 Å². The van der Waals surface area contributed by atoms with E-state index in [1.807, 2.05) is 19.9 Å². The second-order valence-electron chi connectivity index (χ2n) is 4.99. The van der Waals surface area contributed by atoms with Crippen molar-refractivity contribution in [2.24, 2.45) is 0 Å². The van der Waals surface area contributed by atoms with Gasteiger partial charge in [-0.05, 0) is 25.5 Å².